The zero-order chi connectivity index (χ0) is 17.0. The molecule has 3 rings (SSSR count). The van der Waals surface area contributed by atoms with Crippen molar-refractivity contribution in [2.75, 3.05) is 13.1 Å². The van der Waals surface area contributed by atoms with Gasteiger partial charge in [-0.2, -0.15) is 0 Å². The summed E-state index contributed by atoms with van der Waals surface area (Å²) in [5, 5.41) is 1.09. The van der Waals surface area contributed by atoms with Gasteiger partial charge in [-0.15, -0.1) is 6.58 Å². The Kier molecular flexibility index (Phi) is 3.93. The highest BCUT2D eigenvalue weighted by molar-refractivity contribution is 6.42. The number of allylic oxidation sites excluding steroid dienone is 1. The number of hydrogen-bond acceptors (Lipinski definition) is 2. The fourth-order valence-corrected chi connectivity index (χ4v) is 4.09. The number of halogens is 2. The number of piperidine rings is 1. The molecule has 1 saturated heterocycles. The van der Waals surface area contributed by atoms with Crippen molar-refractivity contribution in [1.82, 2.24) is 4.90 Å². The van der Waals surface area contributed by atoms with Crippen LogP contribution in [0, 0.1) is 11.8 Å². The Balaban J connectivity index is 1.85. The van der Waals surface area contributed by atoms with Gasteiger partial charge in [0.25, 0.3) is 0 Å². The van der Waals surface area contributed by atoms with E-state index in [9.17, 15) is 4.79 Å². The second-order valence-corrected chi connectivity index (χ2v) is 8.21. The molecule has 1 aromatic carbocycles. The van der Waals surface area contributed by atoms with Gasteiger partial charge >= 0.3 is 6.09 Å². The number of carbonyl (C=O) groups is 1. The fourth-order valence-electron chi connectivity index (χ4n) is 3.79. The number of ether oxygens (including phenoxy) is 1. The number of fused-ring (bicyclic) bond motifs is 1. The topological polar surface area (TPSA) is 29.5 Å². The number of amides is 1. The van der Waals surface area contributed by atoms with Gasteiger partial charge in [-0.05, 0) is 50.3 Å². The lowest BCUT2D eigenvalue weighted by molar-refractivity contribution is 0.0264. The summed E-state index contributed by atoms with van der Waals surface area (Å²) in [7, 11) is 0. The SMILES string of the molecule is C=CC1[C@@H]2CN(C(=O)OC(C)(C)C)C[C@]12c1ccc(Cl)c(Cl)c1. The van der Waals surface area contributed by atoms with Crippen molar-refractivity contribution in [1.29, 1.82) is 0 Å². The maximum absolute atomic E-state index is 12.3. The summed E-state index contributed by atoms with van der Waals surface area (Å²) in [5.74, 6) is 0.725. The Morgan fingerprint density at radius 2 is 2.09 bits per heavy atom. The number of carbonyl (C=O) groups excluding carboxylic acids is 1. The van der Waals surface area contributed by atoms with Gasteiger partial charge in [0, 0.05) is 18.5 Å². The molecule has 2 fully saturated rings. The Labute approximate surface area is 147 Å². The smallest absolute Gasteiger partial charge is 0.410 e. The van der Waals surface area contributed by atoms with Gasteiger partial charge in [0.1, 0.15) is 5.60 Å². The van der Waals surface area contributed by atoms with Crippen LogP contribution in [0.25, 0.3) is 0 Å². The van der Waals surface area contributed by atoms with Crippen LogP contribution in [0.15, 0.2) is 30.9 Å². The second kappa shape index (κ2) is 5.42. The summed E-state index contributed by atoms with van der Waals surface area (Å²) in [6, 6.07) is 5.74. The van der Waals surface area contributed by atoms with Crippen molar-refractivity contribution < 1.29 is 9.53 Å². The van der Waals surface area contributed by atoms with E-state index in [1.807, 2.05) is 45.0 Å². The van der Waals surface area contributed by atoms with E-state index in [0.717, 1.165) is 5.56 Å². The summed E-state index contributed by atoms with van der Waals surface area (Å²) in [6.07, 6.45) is 1.73. The van der Waals surface area contributed by atoms with E-state index in [4.69, 9.17) is 27.9 Å². The van der Waals surface area contributed by atoms with E-state index >= 15 is 0 Å². The first-order chi connectivity index (χ1) is 10.7. The molecule has 1 aliphatic carbocycles. The lowest BCUT2D eigenvalue weighted by Crippen LogP contribution is -2.38. The van der Waals surface area contributed by atoms with Gasteiger partial charge in [0.15, 0.2) is 0 Å². The van der Waals surface area contributed by atoms with Crippen LogP contribution in [0.1, 0.15) is 26.3 Å². The third kappa shape index (κ3) is 2.74. The second-order valence-electron chi connectivity index (χ2n) is 7.40. The van der Waals surface area contributed by atoms with Crippen molar-refractivity contribution in [2.45, 2.75) is 31.8 Å². The number of benzene rings is 1. The molecule has 23 heavy (non-hydrogen) atoms. The summed E-state index contributed by atoms with van der Waals surface area (Å²) < 4.78 is 5.50. The molecule has 124 valence electrons. The molecule has 1 heterocycles. The highest BCUT2D eigenvalue weighted by Gasteiger charge is 2.69. The maximum atomic E-state index is 12.3. The molecule has 1 saturated carbocycles. The van der Waals surface area contributed by atoms with Gasteiger partial charge in [-0.25, -0.2) is 4.79 Å². The Morgan fingerprint density at radius 1 is 1.39 bits per heavy atom. The van der Waals surface area contributed by atoms with Crippen LogP contribution in [0.4, 0.5) is 4.79 Å². The average Bonchev–Trinajstić information content (AvgIpc) is 2.87. The Hall–Kier alpha value is -1.19. The monoisotopic (exact) mass is 353 g/mol. The van der Waals surface area contributed by atoms with Crippen LogP contribution >= 0.6 is 23.2 Å². The van der Waals surface area contributed by atoms with Gasteiger partial charge in [0.05, 0.1) is 10.0 Å². The molecular formula is C18H21Cl2NO2. The van der Waals surface area contributed by atoms with Crippen molar-refractivity contribution in [3.8, 4) is 0 Å². The molecule has 3 atom stereocenters. The third-order valence-electron chi connectivity index (χ3n) is 4.81. The van der Waals surface area contributed by atoms with E-state index < -0.39 is 5.60 Å². The van der Waals surface area contributed by atoms with Crippen LogP contribution in [0.2, 0.25) is 10.0 Å². The first-order valence-electron chi connectivity index (χ1n) is 7.75. The summed E-state index contributed by atoms with van der Waals surface area (Å²) in [4.78, 5) is 14.1. The number of likely N-dealkylation sites (tertiary alicyclic amines) is 1. The minimum atomic E-state index is -0.488. The quantitative estimate of drug-likeness (QED) is 0.706. The average molecular weight is 354 g/mol. The molecule has 0 bridgehead atoms. The molecular weight excluding hydrogens is 333 g/mol. The lowest BCUT2D eigenvalue weighted by atomic mass is 9.92. The standard InChI is InChI=1S/C18H21Cl2NO2/c1-5-12-13-9-21(16(22)23-17(2,3)4)10-18(12,13)11-6-7-14(19)15(20)8-11/h5-8,12-13H,1,9-10H2,2-4H3/t12?,13-,18-/m0/s1. The van der Waals surface area contributed by atoms with Crippen LogP contribution in [0.5, 0.6) is 0 Å². The fraction of sp³-hybridized carbons (Fsp3) is 0.500. The number of nitrogens with zero attached hydrogens (tertiary/aromatic N) is 1. The molecule has 0 spiro atoms. The van der Waals surface area contributed by atoms with Crippen LogP contribution in [-0.2, 0) is 10.2 Å². The minimum absolute atomic E-state index is 0.104. The summed E-state index contributed by atoms with van der Waals surface area (Å²) in [6.45, 7) is 10.9. The first kappa shape index (κ1) is 16.7. The minimum Gasteiger partial charge on any atom is -0.444 e. The van der Waals surface area contributed by atoms with Gasteiger partial charge in [-0.3, -0.25) is 0 Å². The van der Waals surface area contributed by atoms with Crippen LogP contribution in [0.3, 0.4) is 0 Å². The Bertz CT molecular complexity index is 667. The summed E-state index contributed by atoms with van der Waals surface area (Å²) >= 11 is 12.2. The van der Waals surface area contributed by atoms with E-state index in [-0.39, 0.29) is 11.5 Å². The van der Waals surface area contributed by atoms with E-state index in [0.29, 0.717) is 35.0 Å². The van der Waals surface area contributed by atoms with Crippen molar-refractivity contribution in [2.24, 2.45) is 11.8 Å². The van der Waals surface area contributed by atoms with Crippen LogP contribution in [-0.4, -0.2) is 29.7 Å². The normalized spacial score (nSPS) is 29.2. The molecule has 2 aliphatic rings. The molecule has 1 amide bonds. The maximum Gasteiger partial charge on any atom is 0.410 e. The van der Waals surface area contributed by atoms with Crippen LogP contribution < -0.4 is 0 Å². The highest BCUT2D eigenvalue weighted by atomic mass is 35.5. The van der Waals surface area contributed by atoms with Gasteiger partial charge in [-0.1, -0.05) is 35.3 Å². The zero-order valence-corrected chi connectivity index (χ0v) is 15.1. The van der Waals surface area contributed by atoms with Crippen molar-refractivity contribution in [3.63, 3.8) is 0 Å². The molecule has 0 aromatic heterocycles. The van der Waals surface area contributed by atoms with Crippen molar-refractivity contribution >= 4 is 29.3 Å². The molecule has 1 aliphatic heterocycles. The predicted molar refractivity (Wildman–Crippen MR) is 93.1 cm³/mol. The third-order valence-corrected chi connectivity index (χ3v) is 5.55. The number of hydrogen-bond donors (Lipinski definition) is 0. The van der Waals surface area contributed by atoms with Gasteiger partial charge < -0.3 is 9.64 Å². The number of rotatable bonds is 2. The van der Waals surface area contributed by atoms with Gasteiger partial charge in [0.2, 0.25) is 0 Å². The van der Waals surface area contributed by atoms with E-state index in [1.54, 1.807) is 4.90 Å². The molecule has 3 nitrogen and oxygen atoms in total. The van der Waals surface area contributed by atoms with Crippen molar-refractivity contribution in [3.05, 3.63) is 46.5 Å². The highest BCUT2D eigenvalue weighted by Crippen LogP contribution is 2.65. The Morgan fingerprint density at radius 3 is 2.65 bits per heavy atom. The molecule has 5 heteroatoms. The predicted octanol–water partition coefficient (Wildman–Crippen LogP) is 4.91. The molecule has 1 aromatic rings. The van der Waals surface area contributed by atoms with E-state index in [2.05, 4.69) is 6.58 Å². The zero-order valence-electron chi connectivity index (χ0n) is 13.6. The lowest BCUT2D eigenvalue weighted by Gasteiger charge is -2.27. The molecule has 0 radical (unpaired) electrons. The molecule has 0 N–H and O–H groups in total. The summed E-state index contributed by atoms with van der Waals surface area (Å²) in [5.41, 5.74) is 0.526. The first-order valence-corrected chi connectivity index (χ1v) is 8.50. The van der Waals surface area contributed by atoms with E-state index in [1.165, 1.54) is 0 Å². The largest absolute Gasteiger partial charge is 0.444 e. The molecule has 1 unspecified atom stereocenters.